The van der Waals surface area contributed by atoms with Crippen molar-refractivity contribution in [3.63, 3.8) is 0 Å². The van der Waals surface area contributed by atoms with Crippen LogP contribution in [0, 0.1) is 0 Å². The minimum atomic E-state index is -0.0455. The summed E-state index contributed by atoms with van der Waals surface area (Å²) in [6.07, 6.45) is 0. The molecule has 0 aliphatic carbocycles. The number of rotatable bonds is 2. The summed E-state index contributed by atoms with van der Waals surface area (Å²) < 4.78 is 1.49. The summed E-state index contributed by atoms with van der Waals surface area (Å²) in [5, 5.41) is 4.37. The number of carbonyl (C=O) groups is 1. The van der Waals surface area contributed by atoms with E-state index in [9.17, 15) is 4.79 Å². The Kier molecular flexibility index (Phi) is 3.09. The number of nitrogens with zero attached hydrogens (tertiary/aromatic N) is 2. The van der Waals surface area contributed by atoms with E-state index in [-0.39, 0.29) is 11.8 Å². The molecule has 0 radical (unpaired) electrons. The van der Waals surface area contributed by atoms with Gasteiger partial charge in [0, 0.05) is 12.5 Å². The highest BCUT2D eigenvalue weighted by atomic mass is 16.2. The lowest BCUT2D eigenvalue weighted by Gasteiger charge is -2.04. The molecule has 0 bridgehead atoms. The standard InChI is InChI=1S/C14H16N2O/c1-10(2)14-9-13(15-16(14)11(3)17)12-7-5-4-6-8-12/h4-10H,1-3H3. The monoisotopic (exact) mass is 228 g/mol. The fourth-order valence-electron chi connectivity index (χ4n) is 1.81. The molecule has 1 aromatic heterocycles. The van der Waals surface area contributed by atoms with Gasteiger partial charge in [0.15, 0.2) is 0 Å². The van der Waals surface area contributed by atoms with E-state index in [1.165, 1.54) is 11.6 Å². The van der Waals surface area contributed by atoms with Gasteiger partial charge in [-0.3, -0.25) is 4.79 Å². The maximum Gasteiger partial charge on any atom is 0.243 e. The highest BCUT2D eigenvalue weighted by molar-refractivity contribution is 5.77. The second-order valence-electron chi connectivity index (χ2n) is 4.41. The van der Waals surface area contributed by atoms with Gasteiger partial charge in [0.2, 0.25) is 5.91 Å². The molecule has 0 aliphatic rings. The Hall–Kier alpha value is -1.90. The Morgan fingerprint density at radius 2 is 1.88 bits per heavy atom. The van der Waals surface area contributed by atoms with Gasteiger partial charge in [-0.15, -0.1) is 0 Å². The Balaban J connectivity index is 2.51. The molecule has 0 fully saturated rings. The summed E-state index contributed by atoms with van der Waals surface area (Å²) in [5.41, 5.74) is 2.84. The SMILES string of the molecule is CC(=O)n1nc(-c2ccccc2)cc1C(C)C. The zero-order valence-corrected chi connectivity index (χ0v) is 10.3. The maximum absolute atomic E-state index is 11.5. The fraction of sp³-hybridized carbons (Fsp3) is 0.286. The molecule has 0 N–H and O–H groups in total. The number of hydrogen-bond acceptors (Lipinski definition) is 2. The molecule has 0 amide bonds. The van der Waals surface area contributed by atoms with Crippen molar-refractivity contribution in [3.8, 4) is 11.3 Å². The number of benzene rings is 1. The van der Waals surface area contributed by atoms with Crippen molar-refractivity contribution in [1.82, 2.24) is 9.78 Å². The molecule has 2 aromatic rings. The molecular weight excluding hydrogens is 212 g/mol. The average Bonchev–Trinajstić information content (AvgIpc) is 2.75. The van der Waals surface area contributed by atoms with Gasteiger partial charge in [-0.1, -0.05) is 44.2 Å². The predicted octanol–water partition coefficient (Wildman–Crippen LogP) is 3.33. The first kappa shape index (κ1) is 11.6. The predicted molar refractivity (Wildman–Crippen MR) is 68.1 cm³/mol. The summed E-state index contributed by atoms with van der Waals surface area (Å²) in [5.74, 6) is 0.236. The molecule has 2 rings (SSSR count). The van der Waals surface area contributed by atoms with E-state index in [4.69, 9.17) is 0 Å². The van der Waals surface area contributed by atoms with E-state index >= 15 is 0 Å². The highest BCUT2D eigenvalue weighted by Crippen LogP contribution is 2.23. The van der Waals surface area contributed by atoms with Crippen LogP contribution < -0.4 is 0 Å². The molecule has 1 aromatic carbocycles. The number of hydrogen-bond donors (Lipinski definition) is 0. The quantitative estimate of drug-likeness (QED) is 0.790. The van der Waals surface area contributed by atoms with Gasteiger partial charge in [-0.2, -0.15) is 5.10 Å². The molecule has 3 nitrogen and oxygen atoms in total. The van der Waals surface area contributed by atoms with E-state index in [1.807, 2.05) is 36.4 Å². The third kappa shape index (κ3) is 2.28. The third-order valence-electron chi connectivity index (χ3n) is 2.70. The van der Waals surface area contributed by atoms with Crippen molar-refractivity contribution in [1.29, 1.82) is 0 Å². The lowest BCUT2D eigenvalue weighted by atomic mass is 10.1. The van der Waals surface area contributed by atoms with Gasteiger partial charge < -0.3 is 0 Å². The number of aromatic nitrogens is 2. The molecule has 88 valence electrons. The molecule has 0 saturated heterocycles. The second-order valence-corrected chi connectivity index (χ2v) is 4.41. The zero-order valence-electron chi connectivity index (χ0n) is 10.3. The van der Waals surface area contributed by atoms with E-state index < -0.39 is 0 Å². The van der Waals surface area contributed by atoms with E-state index in [1.54, 1.807) is 0 Å². The minimum Gasteiger partial charge on any atom is -0.273 e. The first-order valence-electron chi connectivity index (χ1n) is 5.76. The summed E-state index contributed by atoms with van der Waals surface area (Å²) in [4.78, 5) is 11.5. The van der Waals surface area contributed by atoms with Crippen LogP contribution in [0.4, 0.5) is 0 Å². The Morgan fingerprint density at radius 3 is 2.35 bits per heavy atom. The molecule has 0 unspecified atom stereocenters. The molecule has 3 heteroatoms. The molecule has 0 spiro atoms. The Labute approximate surface area is 101 Å². The van der Waals surface area contributed by atoms with Crippen LogP contribution in [-0.2, 0) is 0 Å². The third-order valence-corrected chi connectivity index (χ3v) is 2.70. The lowest BCUT2D eigenvalue weighted by molar-refractivity contribution is 0.0916. The molecule has 0 atom stereocenters. The van der Waals surface area contributed by atoms with Crippen LogP contribution in [0.25, 0.3) is 11.3 Å². The normalized spacial score (nSPS) is 10.8. The molecule has 0 aliphatic heterocycles. The van der Waals surface area contributed by atoms with Crippen molar-refractivity contribution >= 4 is 5.91 Å². The average molecular weight is 228 g/mol. The van der Waals surface area contributed by atoms with Crippen LogP contribution in [0.2, 0.25) is 0 Å². The largest absolute Gasteiger partial charge is 0.273 e. The van der Waals surface area contributed by atoms with Crippen molar-refractivity contribution in [2.75, 3.05) is 0 Å². The van der Waals surface area contributed by atoms with Gasteiger partial charge in [-0.25, -0.2) is 4.68 Å². The summed E-state index contributed by atoms with van der Waals surface area (Å²) in [6.45, 7) is 5.66. The molecular formula is C14H16N2O. The Bertz CT molecular complexity index is 526. The van der Waals surface area contributed by atoms with Gasteiger partial charge in [0.1, 0.15) is 0 Å². The summed E-state index contributed by atoms with van der Waals surface area (Å²) >= 11 is 0. The van der Waals surface area contributed by atoms with E-state index in [2.05, 4.69) is 18.9 Å². The van der Waals surface area contributed by atoms with Crippen molar-refractivity contribution in [2.24, 2.45) is 0 Å². The minimum absolute atomic E-state index is 0.0455. The van der Waals surface area contributed by atoms with Gasteiger partial charge in [0.25, 0.3) is 0 Å². The van der Waals surface area contributed by atoms with Gasteiger partial charge in [0.05, 0.1) is 11.4 Å². The second kappa shape index (κ2) is 4.53. The lowest BCUT2D eigenvalue weighted by Crippen LogP contribution is -2.12. The van der Waals surface area contributed by atoms with E-state index in [0.29, 0.717) is 0 Å². The van der Waals surface area contributed by atoms with Crippen molar-refractivity contribution in [2.45, 2.75) is 26.7 Å². The fourth-order valence-corrected chi connectivity index (χ4v) is 1.81. The maximum atomic E-state index is 11.5. The van der Waals surface area contributed by atoms with Crippen LogP contribution in [0.1, 0.15) is 37.2 Å². The summed E-state index contributed by atoms with van der Waals surface area (Å²) in [6, 6.07) is 11.9. The van der Waals surface area contributed by atoms with Crippen molar-refractivity contribution < 1.29 is 4.79 Å². The molecule has 1 heterocycles. The topological polar surface area (TPSA) is 34.9 Å². The van der Waals surface area contributed by atoms with Crippen LogP contribution in [0.5, 0.6) is 0 Å². The van der Waals surface area contributed by atoms with E-state index in [0.717, 1.165) is 17.0 Å². The van der Waals surface area contributed by atoms with Crippen LogP contribution in [0.3, 0.4) is 0 Å². The van der Waals surface area contributed by atoms with Crippen molar-refractivity contribution in [3.05, 3.63) is 42.1 Å². The highest BCUT2D eigenvalue weighted by Gasteiger charge is 2.14. The van der Waals surface area contributed by atoms with Crippen LogP contribution >= 0.6 is 0 Å². The van der Waals surface area contributed by atoms with Gasteiger partial charge >= 0.3 is 0 Å². The number of carbonyl (C=O) groups excluding carboxylic acids is 1. The van der Waals surface area contributed by atoms with Crippen LogP contribution in [0.15, 0.2) is 36.4 Å². The smallest absolute Gasteiger partial charge is 0.243 e. The summed E-state index contributed by atoms with van der Waals surface area (Å²) in [7, 11) is 0. The van der Waals surface area contributed by atoms with Crippen LogP contribution in [-0.4, -0.2) is 15.7 Å². The van der Waals surface area contributed by atoms with Gasteiger partial charge in [-0.05, 0) is 12.0 Å². The first-order chi connectivity index (χ1) is 8.09. The molecule has 17 heavy (non-hydrogen) atoms. The Morgan fingerprint density at radius 1 is 1.24 bits per heavy atom. The first-order valence-corrected chi connectivity index (χ1v) is 5.76. The molecule has 0 saturated carbocycles. The zero-order chi connectivity index (χ0) is 12.4.